The minimum absolute atomic E-state index is 0.144. The lowest BCUT2D eigenvalue weighted by Gasteiger charge is -2.25. The Morgan fingerprint density at radius 3 is 2.80 bits per heavy atom. The molecule has 1 aromatic rings. The molecule has 1 aliphatic heterocycles. The molecule has 2 heterocycles. The number of hydrogen-bond acceptors (Lipinski definition) is 2. The molecule has 0 atom stereocenters. The molecule has 1 fully saturated rings. The first-order valence-corrected chi connectivity index (χ1v) is 6.07. The van der Waals surface area contributed by atoms with E-state index in [0.717, 1.165) is 36.0 Å². The zero-order valence-electron chi connectivity index (χ0n) is 8.79. The van der Waals surface area contributed by atoms with E-state index in [4.69, 9.17) is 0 Å². The maximum atomic E-state index is 11.9. The SMILES string of the molecule is Cc1cc(Br)cn(C2CCNCC2)c1=O. The zero-order valence-corrected chi connectivity index (χ0v) is 10.4. The molecule has 0 aliphatic carbocycles. The molecular formula is C11H15BrN2O. The van der Waals surface area contributed by atoms with Gasteiger partial charge in [-0.05, 0) is 54.9 Å². The van der Waals surface area contributed by atoms with Crippen LogP contribution < -0.4 is 10.9 Å². The monoisotopic (exact) mass is 270 g/mol. The van der Waals surface area contributed by atoms with E-state index < -0.39 is 0 Å². The van der Waals surface area contributed by atoms with Crippen LogP contribution in [0.15, 0.2) is 21.5 Å². The molecule has 15 heavy (non-hydrogen) atoms. The van der Waals surface area contributed by atoms with E-state index in [2.05, 4.69) is 21.2 Å². The summed E-state index contributed by atoms with van der Waals surface area (Å²) in [5.41, 5.74) is 0.952. The number of aromatic nitrogens is 1. The summed E-state index contributed by atoms with van der Waals surface area (Å²) >= 11 is 3.44. The minimum atomic E-state index is 0.144. The molecule has 3 nitrogen and oxygen atoms in total. The largest absolute Gasteiger partial charge is 0.317 e. The van der Waals surface area contributed by atoms with Crippen molar-refractivity contribution in [1.82, 2.24) is 9.88 Å². The van der Waals surface area contributed by atoms with Gasteiger partial charge in [0.05, 0.1) is 0 Å². The van der Waals surface area contributed by atoms with Crippen molar-refractivity contribution in [3.63, 3.8) is 0 Å². The summed E-state index contributed by atoms with van der Waals surface area (Å²) in [6.45, 7) is 3.87. The van der Waals surface area contributed by atoms with Crippen molar-refractivity contribution in [3.05, 3.63) is 32.7 Å². The molecule has 0 amide bonds. The van der Waals surface area contributed by atoms with E-state index >= 15 is 0 Å². The molecule has 0 radical (unpaired) electrons. The second kappa shape index (κ2) is 4.49. The number of halogens is 1. The number of hydrogen-bond donors (Lipinski definition) is 1. The Kier molecular flexibility index (Phi) is 3.26. The molecule has 0 unspecified atom stereocenters. The van der Waals surface area contributed by atoms with Gasteiger partial charge in [-0.15, -0.1) is 0 Å². The summed E-state index contributed by atoms with van der Waals surface area (Å²) in [5.74, 6) is 0. The maximum Gasteiger partial charge on any atom is 0.253 e. The lowest BCUT2D eigenvalue weighted by molar-refractivity contribution is 0.359. The van der Waals surface area contributed by atoms with E-state index in [0.29, 0.717) is 6.04 Å². The smallest absolute Gasteiger partial charge is 0.253 e. The highest BCUT2D eigenvalue weighted by molar-refractivity contribution is 9.10. The van der Waals surface area contributed by atoms with Crippen LogP contribution in [0.4, 0.5) is 0 Å². The average Bonchev–Trinajstić information content (AvgIpc) is 2.24. The van der Waals surface area contributed by atoms with Gasteiger partial charge in [-0.3, -0.25) is 4.79 Å². The van der Waals surface area contributed by atoms with Crippen molar-refractivity contribution in [2.45, 2.75) is 25.8 Å². The van der Waals surface area contributed by atoms with E-state index in [1.165, 1.54) is 0 Å². The summed E-state index contributed by atoms with van der Waals surface area (Å²) in [5, 5.41) is 3.31. The Balaban J connectivity index is 2.38. The van der Waals surface area contributed by atoms with E-state index in [9.17, 15) is 4.79 Å². The van der Waals surface area contributed by atoms with Crippen LogP contribution in [0.2, 0.25) is 0 Å². The van der Waals surface area contributed by atoms with Crippen LogP contribution in [0, 0.1) is 6.92 Å². The Hall–Kier alpha value is -0.610. The van der Waals surface area contributed by atoms with Gasteiger partial charge in [-0.2, -0.15) is 0 Å². The Labute approximate surface area is 97.6 Å². The van der Waals surface area contributed by atoms with Gasteiger partial charge in [0.25, 0.3) is 5.56 Å². The number of aryl methyl sites for hydroxylation is 1. The van der Waals surface area contributed by atoms with Crippen LogP contribution in [-0.2, 0) is 0 Å². The summed E-state index contributed by atoms with van der Waals surface area (Å²) < 4.78 is 2.86. The van der Waals surface area contributed by atoms with E-state index in [1.54, 1.807) is 0 Å². The fourth-order valence-corrected chi connectivity index (χ4v) is 2.62. The van der Waals surface area contributed by atoms with Gasteiger partial charge in [-0.1, -0.05) is 0 Å². The Bertz CT molecular complexity index is 408. The van der Waals surface area contributed by atoms with Gasteiger partial charge >= 0.3 is 0 Å². The second-order valence-corrected chi connectivity index (χ2v) is 4.95. The molecule has 2 rings (SSSR count). The first kappa shape index (κ1) is 10.9. The van der Waals surface area contributed by atoms with E-state index in [1.807, 2.05) is 23.8 Å². The van der Waals surface area contributed by atoms with Crippen LogP contribution in [0.5, 0.6) is 0 Å². The molecule has 0 aromatic carbocycles. The number of pyridine rings is 1. The number of rotatable bonds is 1. The van der Waals surface area contributed by atoms with Crippen molar-refractivity contribution < 1.29 is 0 Å². The quantitative estimate of drug-likeness (QED) is 0.845. The van der Waals surface area contributed by atoms with Crippen LogP contribution in [0.1, 0.15) is 24.4 Å². The van der Waals surface area contributed by atoms with Crippen molar-refractivity contribution >= 4 is 15.9 Å². The summed E-state index contributed by atoms with van der Waals surface area (Å²) in [6, 6.07) is 2.23. The molecule has 0 bridgehead atoms. The number of nitrogens with one attached hydrogen (secondary N) is 1. The number of nitrogens with zero attached hydrogens (tertiary/aromatic N) is 1. The van der Waals surface area contributed by atoms with Crippen molar-refractivity contribution in [2.75, 3.05) is 13.1 Å². The van der Waals surface area contributed by atoms with Crippen molar-refractivity contribution in [1.29, 1.82) is 0 Å². The van der Waals surface area contributed by atoms with Gasteiger partial charge < -0.3 is 9.88 Å². The zero-order chi connectivity index (χ0) is 10.8. The normalized spacial score (nSPS) is 18.0. The summed E-state index contributed by atoms with van der Waals surface area (Å²) in [7, 11) is 0. The van der Waals surface area contributed by atoms with Gasteiger partial charge in [0.15, 0.2) is 0 Å². The van der Waals surface area contributed by atoms with Crippen LogP contribution >= 0.6 is 15.9 Å². The lowest BCUT2D eigenvalue weighted by Crippen LogP contribution is -2.34. The summed E-state index contributed by atoms with van der Waals surface area (Å²) in [6.07, 6.45) is 3.98. The van der Waals surface area contributed by atoms with Gasteiger partial charge in [0, 0.05) is 22.3 Å². The predicted octanol–water partition coefficient (Wildman–Crippen LogP) is 1.84. The van der Waals surface area contributed by atoms with E-state index in [-0.39, 0.29) is 5.56 Å². The van der Waals surface area contributed by atoms with Gasteiger partial charge in [-0.25, -0.2) is 0 Å². The average molecular weight is 271 g/mol. The third-order valence-electron chi connectivity index (χ3n) is 2.89. The third kappa shape index (κ3) is 2.32. The topological polar surface area (TPSA) is 34.0 Å². The molecule has 0 saturated carbocycles. The fourth-order valence-electron chi connectivity index (χ4n) is 2.06. The molecule has 1 N–H and O–H groups in total. The minimum Gasteiger partial charge on any atom is -0.317 e. The third-order valence-corrected chi connectivity index (χ3v) is 3.32. The highest BCUT2D eigenvalue weighted by Gasteiger charge is 2.16. The first-order chi connectivity index (χ1) is 7.18. The second-order valence-electron chi connectivity index (χ2n) is 4.03. The van der Waals surface area contributed by atoms with Gasteiger partial charge in [0.1, 0.15) is 0 Å². The highest BCUT2D eigenvalue weighted by atomic mass is 79.9. The molecule has 1 saturated heterocycles. The molecular weight excluding hydrogens is 256 g/mol. The Morgan fingerprint density at radius 2 is 2.13 bits per heavy atom. The fraction of sp³-hybridized carbons (Fsp3) is 0.545. The maximum absolute atomic E-state index is 11.9. The summed E-state index contributed by atoms with van der Waals surface area (Å²) in [4.78, 5) is 11.9. The molecule has 1 aromatic heterocycles. The van der Waals surface area contributed by atoms with Crippen LogP contribution in [0.3, 0.4) is 0 Å². The van der Waals surface area contributed by atoms with Gasteiger partial charge in [0.2, 0.25) is 0 Å². The lowest BCUT2D eigenvalue weighted by atomic mass is 10.1. The molecule has 4 heteroatoms. The molecule has 82 valence electrons. The van der Waals surface area contributed by atoms with Crippen LogP contribution in [-0.4, -0.2) is 17.7 Å². The van der Waals surface area contributed by atoms with Crippen molar-refractivity contribution in [3.8, 4) is 0 Å². The standard InChI is InChI=1S/C11H15BrN2O/c1-8-6-9(12)7-14(11(8)15)10-2-4-13-5-3-10/h6-7,10,13H,2-5H2,1H3. The van der Waals surface area contributed by atoms with Crippen LogP contribution in [0.25, 0.3) is 0 Å². The number of piperidine rings is 1. The van der Waals surface area contributed by atoms with Crippen molar-refractivity contribution in [2.24, 2.45) is 0 Å². The first-order valence-electron chi connectivity index (χ1n) is 5.27. The Morgan fingerprint density at radius 1 is 1.47 bits per heavy atom. The molecule has 0 spiro atoms. The highest BCUT2D eigenvalue weighted by Crippen LogP contribution is 2.19. The molecule has 1 aliphatic rings. The predicted molar refractivity (Wildman–Crippen MR) is 64.3 cm³/mol.